The molecule has 1 atom stereocenters. The highest BCUT2D eigenvalue weighted by Crippen LogP contribution is 2.64. The molecular weight excluding hydrogens is 210 g/mol. The number of likely N-dealkylation sites (tertiary alicyclic amines) is 1. The average Bonchev–Trinajstić information content (AvgIpc) is 2.80. The zero-order chi connectivity index (χ0) is 12.1. The number of piperidine rings is 2. The fraction of sp³-hybridized carbons (Fsp3) is 1.00. The quantitative estimate of drug-likeness (QED) is 0.741. The molecule has 0 aromatic heterocycles. The summed E-state index contributed by atoms with van der Waals surface area (Å²) in [5.41, 5.74) is -0.677. The van der Waals surface area contributed by atoms with E-state index in [9.17, 15) is 8.78 Å². The molecule has 2 heterocycles. The van der Waals surface area contributed by atoms with E-state index in [1.807, 2.05) is 0 Å². The summed E-state index contributed by atoms with van der Waals surface area (Å²) in [5, 5.41) is 1.59. The number of halogens is 2. The summed E-state index contributed by atoms with van der Waals surface area (Å²) in [5.74, 6) is -2.40. The van der Waals surface area contributed by atoms with Crippen molar-refractivity contribution in [1.29, 1.82) is 0 Å². The number of hydrogen-bond donors (Lipinski definition) is 1. The van der Waals surface area contributed by atoms with Gasteiger partial charge in [0.1, 0.15) is 1.41 Å². The van der Waals surface area contributed by atoms with Crippen molar-refractivity contribution < 1.29 is 10.2 Å². The minimum Gasteiger partial charge on any atom is -0.317 e. The summed E-state index contributed by atoms with van der Waals surface area (Å²) in [7, 11) is 0. The Hall–Kier alpha value is -0.220. The Bertz CT molecular complexity index is 305. The maximum atomic E-state index is 13.4. The minimum atomic E-state index is -2.40. The number of nitrogens with zero attached hydrogens (tertiary/aromatic N) is 1. The van der Waals surface area contributed by atoms with Crippen LogP contribution in [0.4, 0.5) is 8.78 Å². The lowest BCUT2D eigenvalue weighted by Crippen LogP contribution is -2.48. The first kappa shape index (κ1) is 9.77. The fourth-order valence-electron chi connectivity index (χ4n) is 3.40. The summed E-state index contributed by atoms with van der Waals surface area (Å²) >= 11 is 0. The molecule has 3 aliphatic rings. The van der Waals surface area contributed by atoms with Gasteiger partial charge in [-0.2, -0.15) is 0 Å². The van der Waals surface area contributed by atoms with E-state index in [1.54, 1.807) is 5.31 Å². The van der Waals surface area contributed by atoms with Crippen molar-refractivity contribution in [2.24, 2.45) is 5.41 Å². The highest BCUT2D eigenvalue weighted by molar-refractivity contribution is 5.13. The summed E-state index contributed by atoms with van der Waals surface area (Å²) in [6, 6.07) is 0.435. The molecule has 1 N–H and O–H groups in total. The van der Waals surface area contributed by atoms with Gasteiger partial charge in [0.25, 0.3) is 5.92 Å². The first-order valence-electron chi connectivity index (χ1n) is 6.83. The van der Waals surface area contributed by atoms with Crippen LogP contribution < -0.4 is 5.31 Å². The van der Waals surface area contributed by atoms with Gasteiger partial charge in [-0.3, -0.25) is 4.90 Å². The van der Waals surface area contributed by atoms with E-state index in [1.165, 1.54) is 0 Å². The Balaban J connectivity index is 1.61. The van der Waals surface area contributed by atoms with Crippen LogP contribution in [-0.4, -0.2) is 43.0 Å². The van der Waals surface area contributed by atoms with Crippen molar-refractivity contribution in [3.63, 3.8) is 0 Å². The molecule has 4 heteroatoms. The van der Waals surface area contributed by atoms with Gasteiger partial charge in [-0.15, -0.1) is 0 Å². The van der Waals surface area contributed by atoms with Gasteiger partial charge in [0.05, 0.1) is 5.41 Å². The van der Waals surface area contributed by atoms with Gasteiger partial charge in [-0.25, -0.2) is 8.78 Å². The van der Waals surface area contributed by atoms with E-state index in [2.05, 4.69) is 4.90 Å². The predicted octanol–water partition coefficient (Wildman–Crippen LogP) is 1.86. The third-order valence-corrected chi connectivity index (χ3v) is 4.57. The summed E-state index contributed by atoms with van der Waals surface area (Å²) in [4.78, 5) is 2.28. The Morgan fingerprint density at radius 3 is 2.62 bits per heavy atom. The zero-order valence-electron chi connectivity index (χ0n) is 10.6. The summed E-state index contributed by atoms with van der Waals surface area (Å²) < 4.78 is 34.3. The van der Waals surface area contributed by atoms with Gasteiger partial charge in [-0.1, -0.05) is 0 Å². The second-order valence-corrected chi connectivity index (χ2v) is 5.64. The third kappa shape index (κ3) is 1.66. The smallest absolute Gasteiger partial charge is 0.255 e. The monoisotopic (exact) mass is 231 g/mol. The van der Waals surface area contributed by atoms with Crippen LogP contribution >= 0.6 is 0 Å². The van der Waals surface area contributed by atoms with Crippen LogP contribution in [0.15, 0.2) is 0 Å². The van der Waals surface area contributed by atoms with Crippen LogP contribution in [0.5, 0.6) is 0 Å². The first-order valence-corrected chi connectivity index (χ1v) is 6.38. The van der Waals surface area contributed by atoms with Gasteiger partial charge >= 0.3 is 0 Å². The van der Waals surface area contributed by atoms with Gasteiger partial charge in [-0.05, 0) is 45.3 Å². The Kier molecular flexibility index (Phi) is 2.22. The highest BCUT2D eigenvalue weighted by atomic mass is 19.3. The minimum absolute atomic E-state index is 0.105. The lowest BCUT2D eigenvalue weighted by atomic mass is 9.91. The molecular formula is C12H20F2N2. The lowest BCUT2D eigenvalue weighted by molar-refractivity contribution is 0.00831. The van der Waals surface area contributed by atoms with Gasteiger partial charge in [0.2, 0.25) is 0 Å². The predicted molar refractivity (Wildman–Crippen MR) is 58.7 cm³/mol. The Labute approximate surface area is 96.8 Å². The van der Waals surface area contributed by atoms with Crippen LogP contribution in [0.2, 0.25) is 1.41 Å². The normalized spacial score (nSPS) is 42.2. The second-order valence-electron chi connectivity index (χ2n) is 5.64. The molecule has 3 fully saturated rings. The number of alkyl halides is 2. The lowest BCUT2D eigenvalue weighted by Gasteiger charge is -2.40. The number of nitrogens with one attached hydrogen (secondary N) is 1. The molecule has 16 heavy (non-hydrogen) atoms. The second kappa shape index (κ2) is 3.64. The Morgan fingerprint density at radius 2 is 2.00 bits per heavy atom. The standard InChI is InChI=1S/C12H20F2N2/c13-12(14)8-11(12)4-1-7-16(9-11)10-2-5-15-6-3-10/h10,15H,1-9H2/i/hD. The summed E-state index contributed by atoms with van der Waals surface area (Å²) in [6.07, 6.45) is 3.65. The number of rotatable bonds is 1. The van der Waals surface area contributed by atoms with Gasteiger partial charge in [0, 0.05) is 19.0 Å². The van der Waals surface area contributed by atoms with Gasteiger partial charge in [0.15, 0.2) is 0 Å². The molecule has 1 aliphatic carbocycles. The van der Waals surface area contributed by atoms with E-state index in [-0.39, 0.29) is 6.42 Å². The molecule has 2 saturated heterocycles. The molecule has 2 aliphatic heterocycles. The molecule has 0 aromatic carbocycles. The zero-order valence-corrected chi connectivity index (χ0v) is 9.59. The molecule has 92 valence electrons. The highest BCUT2D eigenvalue weighted by Gasteiger charge is 2.71. The van der Waals surface area contributed by atoms with Crippen molar-refractivity contribution in [2.45, 2.75) is 44.1 Å². The fourth-order valence-corrected chi connectivity index (χ4v) is 3.40. The summed E-state index contributed by atoms with van der Waals surface area (Å²) in [6.45, 7) is 3.12. The van der Waals surface area contributed by atoms with Crippen molar-refractivity contribution in [1.82, 2.24) is 10.2 Å². The van der Waals surface area contributed by atoms with E-state index in [4.69, 9.17) is 1.41 Å². The molecule has 0 bridgehead atoms. The molecule has 3 rings (SSSR count). The first-order chi connectivity index (χ1) is 8.02. The van der Waals surface area contributed by atoms with E-state index in [0.29, 0.717) is 19.0 Å². The van der Waals surface area contributed by atoms with E-state index < -0.39 is 11.3 Å². The van der Waals surface area contributed by atoms with Gasteiger partial charge < -0.3 is 5.31 Å². The molecule has 1 spiro atoms. The van der Waals surface area contributed by atoms with Crippen molar-refractivity contribution in [2.75, 3.05) is 26.2 Å². The SMILES string of the molecule is [2H]N1CCC(N2CCCC3(C2)CC3(F)F)CC1. The average molecular weight is 231 g/mol. The van der Waals surface area contributed by atoms with Crippen LogP contribution in [-0.2, 0) is 0 Å². The molecule has 0 amide bonds. The maximum absolute atomic E-state index is 13.4. The van der Waals surface area contributed by atoms with Crippen molar-refractivity contribution >= 4 is 0 Å². The molecule has 2 nitrogen and oxygen atoms in total. The largest absolute Gasteiger partial charge is 0.317 e. The Morgan fingerprint density at radius 1 is 1.31 bits per heavy atom. The molecule has 1 saturated carbocycles. The van der Waals surface area contributed by atoms with Crippen LogP contribution in [0, 0.1) is 5.41 Å². The topological polar surface area (TPSA) is 15.3 Å². The van der Waals surface area contributed by atoms with Crippen LogP contribution in [0.25, 0.3) is 0 Å². The molecule has 0 radical (unpaired) electrons. The van der Waals surface area contributed by atoms with Crippen LogP contribution in [0.1, 0.15) is 32.1 Å². The van der Waals surface area contributed by atoms with E-state index >= 15 is 0 Å². The van der Waals surface area contributed by atoms with Crippen molar-refractivity contribution in [3.8, 4) is 0 Å². The van der Waals surface area contributed by atoms with Crippen LogP contribution in [0.3, 0.4) is 0 Å². The third-order valence-electron chi connectivity index (χ3n) is 4.57. The molecule has 0 aromatic rings. The number of hydrogen-bond acceptors (Lipinski definition) is 2. The molecule has 1 unspecified atom stereocenters. The van der Waals surface area contributed by atoms with Crippen molar-refractivity contribution in [3.05, 3.63) is 0 Å². The maximum Gasteiger partial charge on any atom is 0.255 e. The van der Waals surface area contributed by atoms with E-state index in [0.717, 1.165) is 38.9 Å².